The highest BCUT2D eigenvalue weighted by Gasteiger charge is 2.46. The van der Waals surface area contributed by atoms with Crippen LogP contribution in [0, 0.1) is 0 Å². The Morgan fingerprint density at radius 2 is 1.92 bits per heavy atom. The predicted octanol–water partition coefficient (Wildman–Crippen LogP) is 1.68. The van der Waals surface area contributed by atoms with Gasteiger partial charge in [-0.15, -0.1) is 0 Å². The zero-order valence-electron chi connectivity index (χ0n) is 15.1. The molecule has 144 valence electrons. The summed E-state index contributed by atoms with van der Waals surface area (Å²) in [7, 11) is -3.96. The van der Waals surface area contributed by atoms with Gasteiger partial charge in [0.15, 0.2) is 0 Å². The standard InChI is InChI=1S/C17H24N2O6S/c1-12(2)25-14-7-5-13(6-8-14)18-26(23,24)11-15(20)19-10-4-9-17(19,3)16(21)22/h5-8,12,18H,4,9-11H2,1-3H3,(H,21,22). The zero-order valence-corrected chi connectivity index (χ0v) is 15.9. The number of amides is 1. The first-order chi connectivity index (χ1) is 12.0. The van der Waals surface area contributed by atoms with E-state index in [-0.39, 0.29) is 12.6 Å². The van der Waals surface area contributed by atoms with Crippen molar-refractivity contribution in [3.8, 4) is 5.75 Å². The molecule has 0 aromatic heterocycles. The molecule has 1 aliphatic heterocycles. The Balaban J connectivity index is 2.04. The number of sulfonamides is 1. The lowest BCUT2D eigenvalue weighted by molar-refractivity contribution is -0.154. The van der Waals surface area contributed by atoms with Gasteiger partial charge in [0.05, 0.1) is 6.10 Å². The first-order valence-corrected chi connectivity index (χ1v) is 10.00. The summed E-state index contributed by atoms with van der Waals surface area (Å²) in [4.78, 5) is 24.9. The van der Waals surface area contributed by atoms with Crippen LogP contribution in [0.1, 0.15) is 33.6 Å². The Labute approximate surface area is 153 Å². The molecule has 1 amide bonds. The number of ether oxygens (including phenoxy) is 1. The van der Waals surface area contributed by atoms with E-state index in [0.29, 0.717) is 24.3 Å². The van der Waals surface area contributed by atoms with Gasteiger partial charge < -0.3 is 14.7 Å². The van der Waals surface area contributed by atoms with Crippen LogP contribution in [0.3, 0.4) is 0 Å². The number of rotatable bonds is 7. The number of hydrogen-bond acceptors (Lipinski definition) is 5. The first-order valence-electron chi connectivity index (χ1n) is 8.34. The maximum atomic E-state index is 12.4. The van der Waals surface area contributed by atoms with Gasteiger partial charge in [-0.2, -0.15) is 0 Å². The van der Waals surface area contributed by atoms with E-state index >= 15 is 0 Å². The molecule has 0 aliphatic carbocycles. The minimum absolute atomic E-state index is 0.000768. The molecule has 8 nitrogen and oxygen atoms in total. The zero-order chi connectivity index (χ0) is 19.5. The lowest BCUT2D eigenvalue weighted by Gasteiger charge is -2.31. The third-order valence-corrected chi connectivity index (χ3v) is 5.39. The third-order valence-electron chi connectivity index (χ3n) is 4.22. The van der Waals surface area contributed by atoms with Gasteiger partial charge in [-0.1, -0.05) is 0 Å². The molecule has 26 heavy (non-hydrogen) atoms. The molecule has 0 saturated carbocycles. The van der Waals surface area contributed by atoms with E-state index in [1.807, 2.05) is 13.8 Å². The number of anilines is 1. The van der Waals surface area contributed by atoms with Crippen molar-refractivity contribution in [3.05, 3.63) is 24.3 Å². The summed E-state index contributed by atoms with van der Waals surface area (Å²) in [5.74, 6) is -2.05. The molecule has 1 atom stereocenters. The number of nitrogens with one attached hydrogen (secondary N) is 1. The molecular weight excluding hydrogens is 360 g/mol. The number of benzene rings is 1. The van der Waals surface area contributed by atoms with Crippen molar-refractivity contribution in [2.45, 2.75) is 45.3 Å². The number of carbonyl (C=O) groups is 2. The lowest BCUT2D eigenvalue weighted by Crippen LogP contribution is -2.52. The van der Waals surface area contributed by atoms with Crippen LogP contribution in [-0.2, 0) is 19.6 Å². The fourth-order valence-electron chi connectivity index (χ4n) is 2.92. The Morgan fingerprint density at radius 1 is 1.31 bits per heavy atom. The topological polar surface area (TPSA) is 113 Å². The number of aliphatic carboxylic acids is 1. The third kappa shape index (κ3) is 4.66. The number of carbonyl (C=O) groups excluding carboxylic acids is 1. The van der Waals surface area contributed by atoms with Gasteiger partial charge in [0.25, 0.3) is 0 Å². The van der Waals surface area contributed by atoms with Gasteiger partial charge in [-0.25, -0.2) is 13.2 Å². The molecule has 0 radical (unpaired) electrons. The Hall–Kier alpha value is -2.29. The van der Waals surface area contributed by atoms with Crippen LogP contribution in [-0.4, -0.2) is 54.2 Å². The van der Waals surface area contributed by atoms with Gasteiger partial charge >= 0.3 is 5.97 Å². The summed E-state index contributed by atoms with van der Waals surface area (Å²) in [6.07, 6.45) is 0.831. The number of carboxylic acids is 1. The van der Waals surface area contributed by atoms with Crippen LogP contribution < -0.4 is 9.46 Å². The van der Waals surface area contributed by atoms with Crippen molar-refractivity contribution in [3.63, 3.8) is 0 Å². The summed E-state index contributed by atoms with van der Waals surface area (Å²) in [6, 6.07) is 6.33. The first kappa shape index (κ1) is 20.0. The SMILES string of the molecule is CC(C)Oc1ccc(NS(=O)(=O)CC(=O)N2CCCC2(C)C(=O)O)cc1. The van der Waals surface area contributed by atoms with Gasteiger partial charge in [-0.05, 0) is 57.9 Å². The number of likely N-dealkylation sites (tertiary alicyclic amines) is 1. The summed E-state index contributed by atoms with van der Waals surface area (Å²) < 4.78 is 32.4. The maximum Gasteiger partial charge on any atom is 0.329 e. The minimum atomic E-state index is -3.96. The second kappa shape index (κ2) is 7.53. The predicted molar refractivity (Wildman–Crippen MR) is 96.6 cm³/mol. The number of hydrogen-bond donors (Lipinski definition) is 2. The molecule has 1 aromatic carbocycles. The van der Waals surface area contributed by atoms with Gasteiger partial charge in [0.1, 0.15) is 17.0 Å². The molecule has 0 bridgehead atoms. The maximum absolute atomic E-state index is 12.4. The molecule has 9 heteroatoms. The second-order valence-electron chi connectivity index (χ2n) is 6.78. The minimum Gasteiger partial charge on any atom is -0.491 e. The Morgan fingerprint density at radius 3 is 2.46 bits per heavy atom. The largest absolute Gasteiger partial charge is 0.491 e. The van der Waals surface area contributed by atoms with Crippen molar-refractivity contribution in [1.29, 1.82) is 0 Å². The summed E-state index contributed by atoms with van der Waals surface area (Å²) >= 11 is 0. The lowest BCUT2D eigenvalue weighted by atomic mass is 9.99. The van der Waals surface area contributed by atoms with Gasteiger partial charge in [-0.3, -0.25) is 9.52 Å². The van der Waals surface area contributed by atoms with E-state index in [2.05, 4.69) is 4.72 Å². The monoisotopic (exact) mass is 384 g/mol. The highest BCUT2D eigenvalue weighted by atomic mass is 32.2. The van der Waals surface area contributed by atoms with Crippen molar-refractivity contribution >= 4 is 27.6 Å². The molecule has 1 unspecified atom stereocenters. The molecule has 1 aliphatic rings. The van der Waals surface area contributed by atoms with E-state index in [1.54, 1.807) is 12.1 Å². The summed E-state index contributed by atoms with van der Waals surface area (Å²) in [5.41, 5.74) is -1.06. The molecule has 2 N–H and O–H groups in total. The molecule has 0 spiro atoms. The summed E-state index contributed by atoms with van der Waals surface area (Å²) in [6.45, 7) is 5.43. The van der Waals surface area contributed by atoms with Crippen molar-refractivity contribution < 1.29 is 27.9 Å². The van der Waals surface area contributed by atoms with Crippen LogP contribution in [0.2, 0.25) is 0 Å². The average molecular weight is 384 g/mol. The van der Waals surface area contributed by atoms with E-state index in [0.717, 1.165) is 4.90 Å². The van der Waals surface area contributed by atoms with Crippen LogP contribution in [0.15, 0.2) is 24.3 Å². The van der Waals surface area contributed by atoms with Crippen LogP contribution in [0.4, 0.5) is 5.69 Å². The Bertz CT molecular complexity index is 775. The van der Waals surface area contributed by atoms with Crippen molar-refractivity contribution in [2.75, 3.05) is 17.0 Å². The molecule has 1 fully saturated rings. The van der Waals surface area contributed by atoms with E-state index < -0.39 is 33.2 Å². The number of nitrogens with zero attached hydrogens (tertiary/aromatic N) is 1. The molecule has 2 rings (SSSR count). The fraction of sp³-hybridized carbons (Fsp3) is 0.529. The smallest absolute Gasteiger partial charge is 0.329 e. The van der Waals surface area contributed by atoms with Crippen molar-refractivity contribution in [1.82, 2.24) is 4.90 Å². The fourth-order valence-corrected chi connectivity index (χ4v) is 3.96. The van der Waals surface area contributed by atoms with E-state index in [9.17, 15) is 23.1 Å². The van der Waals surface area contributed by atoms with E-state index in [4.69, 9.17) is 4.74 Å². The Kier molecular flexibility index (Phi) is 5.80. The van der Waals surface area contributed by atoms with E-state index in [1.165, 1.54) is 19.1 Å². The van der Waals surface area contributed by atoms with Gasteiger partial charge in [0.2, 0.25) is 15.9 Å². The number of carboxylic acid groups (broad SMARTS) is 1. The van der Waals surface area contributed by atoms with Gasteiger partial charge in [0, 0.05) is 12.2 Å². The van der Waals surface area contributed by atoms with Crippen LogP contribution in [0.5, 0.6) is 5.75 Å². The molecule has 1 saturated heterocycles. The molecular formula is C17H24N2O6S. The quantitative estimate of drug-likeness (QED) is 0.739. The molecule has 1 aromatic rings. The highest BCUT2D eigenvalue weighted by Crippen LogP contribution is 2.29. The summed E-state index contributed by atoms with van der Waals surface area (Å²) in [5, 5.41) is 9.34. The van der Waals surface area contributed by atoms with Crippen LogP contribution >= 0.6 is 0 Å². The molecule has 1 heterocycles. The average Bonchev–Trinajstić information content (AvgIpc) is 2.91. The second-order valence-corrected chi connectivity index (χ2v) is 8.50. The normalized spacial score (nSPS) is 20.2. The highest BCUT2D eigenvalue weighted by molar-refractivity contribution is 7.93. The van der Waals surface area contributed by atoms with Crippen molar-refractivity contribution in [2.24, 2.45) is 0 Å². The van der Waals surface area contributed by atoms with Crippen LogP contribution in [0.25, 0.3) is 0 Å².